The first-order valence-corrected chi connectivity index (χ1v) is 9.57. The van der Waals surface area contributed by atoms with Gasteiger partial charge in [0.15, 0.2) is 0 Å². The van der Waals surface area contributed by atoms with Gasteiger partial charge in [-0.2, -0.15) is 0 Å². The van der Waals surface area contributed by atoms with Gasteiger partial charge in [-0.1, -0.05) is 11.6 Å². The lowest BCUT2D eigenvalue weighted by Gasteiger charge is -2.28. The highest BCUT2D eigenvalue weighted by atomic mass is 35.5. The highest BCUT2D eigenvalue weighted by molar-refractivity contribution is 6.29. The van der Waals surface area contributed by atoms with E-state index in [2.05, 4.69) is 22.2 Å². The van der Waals surface area contributed by atoms with E-state index in [1.54, 1.807) is 17.9 Å². The maximum absolute atomic E-state index is 13.4. The van der Waals surface area contributed by atoms with Crippen molar-refractivity contribution in [2.24, 2.45) is 11.5 Å². The second-order valence-electron chi connectivity index (χ2n) is 7.68. The first-order valence-electron chi connectivity index (χ1n) is 9.19. The van der Waals surface area contributed by atoms with Crippen LogP contribution in [-0.2, 0) is 0 Å². The summed E-state index contributed by atoms with van der Waals surface area (Å²) in [4.78, 5) is 23.7. The Kier molecular flexibility index (Phi) is 4.45. The number of carbonyl (C=O) groups is 1. The van der Waals surface area contributed by atoms with Crippen molar-refractivity contribution in [3.05, 3.63) is 40.2 Å². The molecule has 5 N–H and O–H groups in total. The number of nitrogens with one attached hydrogen (secondary N) is 1. The Hall–Kier alpha value is -2.74. The van der Waals surface area contributed by atoms with E-state index < -0.39 is 0 Å². The number of hydrogen-bond donors (Lipinski definition) is 3. The van der Waals surface area contributed by atoms with Crippen molar-refractivity contribution in [1.82, 2.24) is 14.9 Å². The molecule has 8 nitrogen and oxygen atoms in total. The fourth-order valence-corrected chi connectivity index (χ4v) is 3.57. The van der Waals surface area contributed by atoms with Crippen molar-refractivity contribution in [1.29, 1.82) is 0 Å². The molecule has 1 aliphatic heterocycles. The van der Waals surface area contributed by atoms with Crippen LogP contribution in [0.4, 0.5) is 5.82 Å². The van der Waals surface area contributed by atoms with Gasteiger partial charge in [0.05, 0.1) is 16.1 Å². The summed E-state index contributed by atoms with van der Waals surface area (Å²) in [7, 11) is 0. The van der Waals surface area contributed by atoms with E-state index in [1.807, 2.05) is 0 Å². The number of aryl methyl sites for hydroxylation is 1. The monoisotopic (exact) mass is 402 g/mol. The van der Waals surface area contributed by atoms with E-state index >= 15 is 0 Å². The Labute approximate surface area is 167 Å². The molecule has 148 valence electrons. The molecule has 3 heterocycles. The maximum atomic E-state index is 13.4. The third kappa shape index (κ3) is 3.40. The predicted molar refractivity (Wildman–Crippen MR) is 108 cm³/mol. The van der Waals surface area contributed by atoms with E-state index in [4.69, 9.17) is 27.5 Å². The molecule has 0 atom stereocenters. The number of nitrogens with two attached hydrogens (primary N) is 2. The van der Waals surface area contributed by atoms with Gasteiger partial charge < -0.3 is 26.1 Å². The summed E-state index contributed by atoms with van der Waals surface area (Å²) in [5, 5.41) is 4.19. The largest absolute Gasteiger partial charge is 0.442 e. The van der Waals surface area contributed by atoms with Crippen LogP contribution in [0.25, 0.3) is 11.1 Å². The maximum Gasteiger partial charge on any atom is 0.258 e. The Morgan fingerprint density at radius 1 is 1.43 bits per heavy atom. The van der Waals surface area contributed by atoms with Gasteiger partial charge in [-0.3, -0.25) is 4.79 Å². The number of fused-ring (bicyclic) bond motifs is 1. The van der Waals surface area contributed by atoms with Gasteiger partial charge in [0.25, 0.3) is 5.91 Å². The molecule has 1 aliphatic carbocycles. The van der Waals surface area contributed by atoms with E-state index in [9.17, 15) is 4.79 Å². The number of nitrogens with zero attached hydrogens (tertiary/aromatic N) is 3. The number of hydrogen-bond acceptors (Lipinski definition) is 7. The Morgan fingerprint density at radius 3 is 2.86 bits per heavy atom. The van der Waals surface area contributed by atoms with Gasteiger partial charge in [0.1, 0.15) is 17.9 Å². The third-order valence-corrected chi connectivity index (χ3v) is 5.43. The van der Waals surface area contributed by atoms with Crippen LogP contribution in [0.3, 0.4) is 0 Å². The molecular weight excluding hydrogens is 380 g/mol. The number of aromatic nitrogens is 2. The zero-order valence-electron chi connectivity index (χ0n) is 15.9. The SMILES string of the molecule is Cc1oc2ncnc(NC3(C)CC3)c2c1C(=O)N1CCC(N)=C(/C=C(\N)Cl)C1. The number of furan rings is 1. The molecule has 0 unspecified atom stereocenters. The molecule has 28 heavy (non-hydrogen) atoms. The topological polar surface area (TPSA) is 123 Å². The average molecular weight is 403 g/mol. The quantitative estimate of drug-likeness (QED) is 0.671. The normalized spacial score (nSPS) is 19.2. The van der Waals surface area contributed by atoms with E-state index in [0.717, 1.165) is 18.4 Å². The zero-order chi connectivity index (χ0) is 20.1. The van der Waals surface area contributed by atoms with Gasteiger partial charge >= 0.3 is 0 Å². The van der Waals surface area contributed by atoms with Crippen molar-refractivity contribution in [3.63, 3.8) is 0 Å². The van der Waals surface area contributed by atoms with Crippen LogP contribution in [0.15, 0.2) is 33.2 Å². The number of anilines is 1. The molecule has 4 rings (SSSR count). The minimum atomic E-state index is -0.151. The second-order valence-corrected chi connectivity index (χ2v) is 8.11. The molecule has 2 aromatic heterocycles. The molecule has 9 heteroatoms. The molecule has 0 radical (unpaired) electrons. The van der Waals surface area contributed by atoms with Crippen molar-refractivity contribution < 1.29 is 9.21 Å². The van der Waals surface area contributed by atoms with Gasteiger partial charge in [-0.05, 0) is 38.3 Å². The molecule has 0 saturated heterocycles. The zero-order valence-corrected chi connectivity index (χ0v) is 16.6. The van der Waals surface area contributed by atoms with Gasteiger partial charge in [-0.15, -0.1) is 0 Å². The highest BCUT2D eigenvalue weighted by Crippen LogP contribution is 2.40. The molecule has 1 saturated carbocycles. The minimum absolute atomic E-state index is 0.00489. The summed E-state index contributed by atoms with van der Waals surface area (Å²) < 4.78 is 5.77. The van der Waals surface area contributed by atoms with E-state index in [-0.39, 0.29) is 16.6 Å². The first kappa shape index (κ1) is 18.6. The summed E-state index contributed by atoms with van der Waals surface area (Å²) in [6.45, 7) is 4.73. The molecule has 1 fully saturated rings. The number of halogens is 1. The summed E-state index contributed by atoms with van der Waals surface area (Å²) in [5.41, 5.74) is 14.0. The van der Waals surface area contributed by atoms with Crippen LogP contribution in [0, 0.1) is 6.92 Å². The first-order chi connectivity index (χ1) is 13.3. The van der Waals surface area contributed by atoms with Crippen molar-refractivity contribution in [2.75, 3.05) is 18.4 Å². The fourth-order valence-electron chi connectivity index (χ4n) is 3.43. The fraction of sp³-hybridized carbons (Fsp3) is 0.421. The van der Waals surface area contributed by atoms with Crippen LogP contribution in [0.2, 0.25) is 0 Å². The number of carbonyl (C=O) groups excluding carboxylic acids is 1. The second kappa shape index (κ2) is 6.70. The molecule has 2 aliphatic rings. The predicted octanol–water partition coefficient (Wildman–Crippen LogP) is 2.59. The molecule has 1 amide bonds. The van der Waals surface area contributed by atoms with E-state index in [1.165, 1.54) is 6.33 Å². The lowest BCUT2D eigenvalue weighted by atomic mass is 10.0. The summed E-state index contributed by atoms with van der Waals surface area (Å²) in [6.07, 6.45) is 5.72. The third-order valence-electron chi connectivity index (χ3n) is 5.32. The van der Waals surface area contributed by atoms with Crippen molar-refractivity contribution >= 4 is 34.4 Å². The van der Waals surface area contributed by atoms with Crippen LogP contribution in [-0.4, -0.2) is 39.4 Å². The van der Waals surface area contributed by atoms with Gasteiger partial charge in [0, 0.05) is 30.7 Å². The lowest BCUT2D eigenvalue weighted by Crippen LogP contribution is -2.38. The molecule has 0 bridgehead atoms. The summed E-state index contributed by atoms with van der Waals surface area (Å²) in [5.74, 6) is 0.991. The Bertz CT molecular complexity index is 1020. The van der Waals surface area contributed by atoms with Crippen LogP contribution in [0.5, 0.6) is 0 Å². The molecule has 0 aromatic carbocycles. The van der Waals surface area contributed by atoms with Gasteiger partial charge in [0.2, 0.25) is 5.71 Å². The van der Waals surface area contributed by atoms with Crippen molar-refractivity contribution in [3.8, 4) is 0 Å². The summed E-state index contributed by atoms with van der Waals surface area (Å²) >= 11 is 5.80. The lowest BCUT2D eigenvalue weighted by molar-refractivity contribution is 0.0765. The van der Waals surface area contributed by atoms with Crippen LogP contribution in [0.1, 0.15) is 42.3 Å². The molecule has 0 spiro atoms. The van der Waals surface area contributed by atoms with Gasteiger partial charge in [-0.25, -0.2) is 9.97 Å². The smallest absolute Gasteiger partial charge is 0.258 e. The summed E-state index contributed by atoms with van der Waals surface area (Å²) in [6, 6.07) is 0. The average Bonchev–Trinajstić information content (AvgIpc) is 3.24. The van der Waals surface area contributed by atoms with Crippen molar-refractivity contribution in [2.45, 2.75) is 38.6 Å². The minimum Gasteiger partial charge on any atom is -0.442 e. The number of rotatable bonds is 4. The standard InChI is InChI=1S/C19H23ClN6O2/c1-10-14(18(27)26-6-3-12(21)11(8-26)7-13(20)22)15-16(25-19(2)4-5-19)23-9-24-17(15)28-10/h7,9H,3-6,8,21-22H2,1-2H3,(H,23,24,25)/b13-7-. The Morgan fingerprint density at radius 2 is 2.18 bits per heavy atom. The van der Waals surface area contributed by atoms with Crippen LogP contribution < -0.4 is 16.8 Å². The number of amides is 1. The molecule has 2 aromatic rings. The van der Waals surface area contributed by atoms with Crippen LogP contribution >= 0.6 is 11.6 Å². The Balaban J connectivity index is 1.72. The highest BCUT2D eigenvalue weighted by Gasteiger charge is 2.39. The van der Waals surface area contributed by atoms with E-state index in [0.29, 0.717) is 53.4 Å². The molecular formula is C19H23ClN6O2.